The van der Waals surface area contributed by atoms with E-state index in [0.29, 0.717) is 5.82 Å². The van der Waals surface area contributed by atoms with Crippen LogP contribution in [0.25, 0.3) is 34.1 Å². The largest absolute Gasteiger partial charge is 0.334 e. The highest BCUT2D eigenvalue weighted by Gasteiger charge is 2.14. The van der Waals surface area contributed by atoms with Gasteiger partial charge in [0, 0.05) is 17.3 Å². The molecule has 5 nitrogen and oxygen atoms in total. The van der Waals surface area contributed by atoms with Crippen molar-refractivity contribution < 1.29 is 8.91 Å². The van der Waals surface area contributed by atoms with Crippen molar-refractivity contribution in [2.45, 2.75) is 0 Å². The van der Waals surface area contributed by atoms with Gasteiger partial charge in [0.1, 0.15) is 5.82 Å². The van der Waals surface area contributed by atoms with Crippen LogP contribution in [-0.2, 0) is 0 Å². The van der Waals surface area contributed by atoms with Gasteiger partial charge in [-0.2, -0.15) is 10.1 Å². The molecule has 112 valence electrons. The quantitative estimate of drug-likeness (QED) is 0.622. The lowest BCUT2D eigenvalue weighted by atomic mass is 10.1. The summed E-state index contributed by atoms with van der Waals surface area (Å²) in [6, 6.07) is 15.8. The summed E-state index contributed by atoms with van der Waals surface area (Å²) in [7, 11) is 0. The minimum Gasteiger partial charge on any atom is -0.334 e. The van der Waals surface area contributed by atoms with Gasteiger partial charge in [0.15, 0.2) is 0 Å². The first-order valence-electron chi connectivity index (χ1n) is 7.00. The van der Waals surface area contributed by atoms with E-state index in [9.17, 15) is 4.39 Å². The second kappa shape index (κ2) is 5.49. The molecule has 1 N–H and O–H groups in total. The molecule has 0 amide bonds. The molecule has 0 saturated heterocycles. The number of nitrogens with zero attached hydrogens (tertiary/aromatic N) is 3. The number of halogens is 1. The lowest BCUT2D eigenvalue weighted by Crippen LogP contribution is -1.85. The third-order valence-electron chi connectivity index (χ3n) is 3.46. The molecule has 0 unspecified atom stereocenters. The number of hydrogen-bond acceptors (Lipinski definition) is 4. The van der Waals surface area contributed by atoms with E-state index in [1.807, 2.05) is 30.3 Å². The monoisotopic (exact) mass is 306 g/mol. The molecule has 0 spiro atoms. The van der Waals surface area contributed by atoms with Crippen LogP contribution in [0.1, 0.15) is 0 Å². The first-order valence-corrected chi connectivity index (χ1v) is 7.00. The van der Waals surface area contributed by atoms with Gasteiger partial charge >= 0.3 is 0 Å². The van der Waals surface area contributed by atoms with Crippen LogP contribution in [-0.4, -0.2) is 20.3 Å². The maximum Gasteiger partial charge on any atom is 0.261 e. The zero-order valence-corrected chi connectivity index (χ0v) is 11.9. The molecule has 0 fully saturated rings. The van der Waals surface area contributed by atoms with Crippen molar-refractivity contribution in [2.24, 2.45) is 0 Å². The Morgan fingerprint density at radius 2 is 1.83 bits per heavy atom. The van der Waals surface area contributed by atoms with Gasteiger partial charge in [-0.3, -0.25) is 5.10 Å². The van der Waals surface area contributed by atoms with Crippen LogP contribution in [0.3, 0.4) is 0 Å². The minimum absolute atomic E-state index is 0.157. The molecule has 23 heavy (non-hydrogen) atoms. The number of benzene rings is 2. The van der Waals surface area contributed by atoms with Crippen LogP contribution in [0, 0.1) is 5.82 Å². The lowest BCUT2D eigenvalue weighted by molar-refractivity contribution is 0.429. The number of H-pyrrole nitrogens is 1. The SMILES string of the molecule is Fc1ccccc1-c1nc(-c2cccc(-c3ccn[nH]3)c2)no1. The standard InChI is InChI=1S/C17H11FN4O/c18-14-7-2-1-6-13(14)17-20-16(22-23-17)12-5-3-4-11(10-12)15-8-9-19-21-15/h1-10H,(H,19,21). The smallest absolute Gasteiger partial charge is 0.261 e. The Kier molecular flexibility index (Phi) is 3.20. The molecule has 6 heteroatoms. The van der Waals surface area contributed by atoms with Gasteiger partial charge in [-0.25, -0.2) is 4.39 Å². The number of rotatable bonds is 3. The fourth-order valence-corrected chi connectivity index (χ4v) is 2.33. The summed E-state index contributed by atoms with van der Waals surface area (Å²) in [6.07, 6.45) is 1.69. The van der Waals surface area contributed by atoms with Gasteiger partial charge in [0.2, 0.25) is 5.82 Å². The third kappa shape index (κ3) is 2.50. The molecular formula is C17H11FN4O. The van der Waals surface area contributed by atoms with Gasteiger partial charge in [-0.05, 0) is 24.3 Å². The van der Waals surface area contributed by atoms with Crippen LogP contribution in [0.15, 0.2) is 65.3 Å². The number of aromatic amines is 1. The Bertz CT molecular complexity index is 947. The summed E-state index contributed by atoms with van der Waals surface area (Å²) in [5.41, 5.74) is 2.92. The molecular weight excluding hydrogens is 295 g/mol. The molecule has 0 aliphatic heterocycles. The normalized spacial score (nSPS) is 10.8. The summed E-state index contributed by atoms with van der Waals surface area (Å²) in [6.45, 7) is 0. The van der Waals surface area contributed by atoms with Crippen molar-refractivity contribution in [1.29, 1.82) is 0 Å². The minimum atomic E-state index is -0.395. The first kappa shape index (κ1) is 13.4. The van der Waals surface area contributed by atoms with E-state index >= 15 is 0 Å². The molecule has 0 atom stereocenters. The average Bonchev–Trinajstić information content (AvgIpc) is 3.27. The predicted molar refractivity (Wildman–Crippen MR) is 82.7 cm³/mol. The van der Waals surface area contributed by atoms with E-state index in [0.717, 1.165) is 16.8 Å². The third-order valence-corrected chi connectivity index (χ3v) is 3.46. The molecule has 0 bridgehead atoms. The van der Waals surface area contributed by atoms with Crippen LogP contribution in [0.2, 0.25) is 0 Å². The topological polar surface area (TPSA) is 67.6 Å². The Hall–Kier alpha value is -3.28. The molecule has 2 heterocycles. The van der Waals surface area contributed by atoms with E-state index in [1.165, 1.54) is 6.07 Å². The summed E-state index contributed by atoms with van der Waals surface area (Å²) in [4.78, 5) is 4.29. The summed E-state index contributed by atoms with van der Waals surface area (Å²) in [5.74, 6) is 0.170. The van der Waals surface area contributed by atoms with Gasteiger partial charge in [0.25, 0.3) is 5.89 Å². The molecule has 0 radical (unpaired) electrons. The molecule has 0 aliphatic rings. The summed E-state index contributed by atoms with van der Waals surface area (Å²) in [5, 5.41) is 10.8. The highest BCUT2D eigenvalue weighted by molar-refractivity contribution is 5.68. The van der Waals surface area contributed by atoms with E-state index in [-0.39, 0.29) is 11.5 Å². The average molecular weight is 306 g/mol. The number of hydrogen-bond donors (Lipinski definition) is 1. The molecule has 4 aromatic rings. The molecule has 2 aromatic heterocycles. The van der Waals surface area contributed by atoms with E-state index < -0.39 is 5.82 Å². The second-order valence-electron chi connectivity index (χ2n) is 4.95. The fraction of sp³-hybridized carbons (Fsp3) is 0. The molecule has 0 saturated carbocycles. The van der Waals surface area contributed by atoms with Gasteiger partial charge in [0.05, 0.1) is 11.3 Å². The van der Waals surface area contributed by atoms with Crippen LogP contribution in [0.5, 0.6) is 0 Å². The number of nitrogens with one attached hydrogen (secondary N) is 1. The predicted octanol–water partition coefficient (Wildman–Crippen LogP) is 3.93. The Balaban J connectivity index is 1.73. The molecule has 4 rings (SSSR count). The van der Waals surface area contributed by atoms with Gasteiger partial charge in [-0.15, -0.1) is 0 Å². The highest BCUT2D eigenvalue weighted by atomic mass is 19.1. The van der Waals surface area contributed by atoms with Crippen molar-refractivity contribution in [3.05, 3.63) is 66.6 Å². The first-order chi connectivity index (χ1) is 11.3. The van der Waals surface area contributed by atoms with Crippen LogP contribution in [0.4, 0.5) is 4.39 Å². The zero-order valence-electron chi connectivity index (χ0n) is 11.9. The van der Waals surface area contributed by atoms with Crippen molar-refractivity contribution in [1.82, 2.24) is 20.3 Å². The highest BCUT2D eigenvalue weighted by Crippen LogP contribution is 2.26. The fourth-order valence-electron chi connectivity index (χ4n) is 2.33. The van der Waals surface area contributed by atoms with Crippen molar-refractivity contribution in [3.63, 3.8) is 0 Å². The number of aromatic nitrogens is 4. The van der Waals surface area contributed by atoms with E-state index in [4.69, 9.17) is 4.52 Å². The Labute approximate surface area is 130 Å². The molecule has 2 aromatic carbocycles. The van der Waals surface area contributed by atoms with Crippen LogP contribution >= 0.6 is 0 Å². The van der Waals surface area contributed by atoms with Crippen molar-refractivity contribution in [2.75, 3.05) is 0 Å². The van der Waals surface area contributed by atoms with E-state index in [1.54, 1.807) is 24.4 Å². The second-order valence-corrected chi connectivity index (χ2v) is 4.95. The van der Waals surface area contributed by atoms with E-state index in [2.05, 4.69) is 20.3 Å². The Morgan fingerprint density at radius 3 is 2.65 bits per heavy atom. The Morgan fingerprint density at radius 1 is 0.957 bits per heavy atom. The maximum absolute atomic E-state index is 13.8. The summed E-state index contributed by atoms with van der Waals surface area (Å²) < 4.78 is 19.0. The van der Waals surface area contributed by atoms with Crippen molar-refractivity contribution >= 4 is 0 Å². The lowest BCUT2D eigenvalue weighted by Gasteiger charge is -1.99. The van der Waals surface area contributed by atoms with Crippen molar-refractivity contribution in [3.8, 4) is 34.1 Å². The maximum atomic E-state index is 13.8. The zero-order chi connectivity index (χ0) is 15.6. The summed E-state index contributed by atoms with van der Waals surface area (Å²) >= 11 is 0. The van der Waals surface area contributed by atoms with Gasteiger partial charge in [-0.1, -0.05) is 35.5 Å². The van der Waals surface area contributed by atoms with Gasteiger partial charge < -0.3 is 4.52 Å². The van der Waals surface area contributed by atoms with Crippen LogP contribution < -0.4 is 0 Å². The molecule has 0 aliphatic carbocycles.